The van der Waals surface area contributed by atoms with Gasteiger partial charge in [-0.1, -0.05) is 59.3 Å². The lowest BCUT2D eigenvalue weighted by Crippen LogP contribution is -2.40. The molecule has 23 heavy (non-hydrogen) atoms. The monoisotopic (exact) mass is 371 g/mol. The highest BCUT2D eigenvalue weighted by Gasteiger charge is 2.44. The lowest BCUT2D eigenvalue weighted by molar-refractivity contribution is -0.128. The summed E-state index contributed by atoms with van der Waals surface area (Å²) in [5.41, 5.74) is 2.38. The third-order valence-corrected chi connectivity index (χ3v) is 5.52. The Morgan fingerprint density at radius 2 is 1.83 bits per heavy atom. The Bertz CT molecular complexity index is 761. The van der Waals surface area contributed by atoms with Gasteiger partial charge in [-0.05, 0) is 24.1 Å². The number of nitrogens with one attached hydrogen (secondary N) is 1. The Morgan fingerprint density at radius 3 is 2.57 bits per heavy atom. The van der Waals surface area contributed by atoms with E-state index in [2.05, 4.69) is 27.3 Å². The predicted molar refractivity (Wildman–Crippen MR) is 92.7 cm³/mol. The number of carbonyl (C=O) groups excluding carboxylic acids is 1. The number of para-hydroxylation sites is 1. The molecule has 1 heterocycles. The zero-order valence-corrected chi connectivity index (χ0v) is 14.4. The fourth-order valence-corrected chi connectivity index (χ4v) is 3.96. The molecule has 4 atom stereocenters. The van der Waals surface area contributed by atoms with Gasteiger partial charge in [0.05, 0.1) is 0 Å². The molecule has 2 aliphatic rings. The van der Waals surface area contributed by atoms with Crippen LogP contribution in [0.4, 0.5) is 0 Å². The first-order valence-electron chi connectivity index (χ1n) is 7.95. The Labute approximate surface area is 144 Å². The number of halogens is 1. The molecule has 4 rings (SSSR count). The number of amides is 1. The molecular weight excluding hydrogens is 354 g/mol. The number of ether oxygens (including phenoxy) is 1. The number of hydrogen-bond acceptors (Lipinski definition) is 2. The molecule has 118 valence electrons. The van der Waals surface area contributed by atoms with Crippen molar-refractivity contribution in [2.24, 2.45) is 0 Å². The van der Waals surface area contributed by atoms with Gasteiger partial charge in [-0.2, -0.15) is 0 Å². The SMILES string of the molecule is C[C@H]1c2ccccc2O[C@H]1C(=O)N[C@@H]1C[C@H]1c1ccccc1Br. The van der Waals surface area contributed by atoms with Gasteiger partial charge < -0.3 is 10.1 Å². The van der Waals surface area contributed by atoms with E-state index in [9.17, 15) is 4.79 Å². The summed E-state index contributed by atoms with van der Waals surface area (Å²) in [4.78, 5) is 12.6. The second-order valence-corrected chi connectivity index (χ2v) is 7.20. The van der Waals surface area contributed by atoms with Crippen LogP contribution in [-0.4, -0.2) is 18.1 Å². The minimum atomic E-state index is -0.423. The highest BCUT2D eigenvalue weighted by Crippen LogP contribution is 2.44. The fourth-order valence-electron chi connectivity index (χ4n) is 3.39. The van der Waals surface area contributed by atoms with Crippen molar-refractivity contribution in [3.63, 3.8) is 0 Å². The predicted octanol–water partition coefficient (Wildman–Crippen LogP) is 3.99. The summed E-state index contributed by atoms with van der Waals surface area (Å²) in [6, 6.07) is 16.3. The zero-order valence-electron chi connectivity index (χ0n) is 12.8. The quantitative estimate of drug-likeness (QED) is 0.885. The Hall–Kier alpha value is -1.81. The second-order valence-electron chi connectivity index (χ2n) is 6.34. The highest BCUT2D eigenvalue weighted by molar-refractivity contribution is 9.10. The Morgan fingerprint density at radius 1 is 1.13 bits per heavy atom. The summed E-state index contributed by atoms with van der Waals surface area (Å²) in [6.45, 7) is 2.05. The van der Waals surface area contributed by atoms with E-state index in [1.165, 1.54) is 5.56 Å². The lowest BCUT2D eigenvalue weighted by Gasteiger charge is -2.15. The molecule has 1 amide bonds. The third-order valence-electron chi connectivity index (χ3n) is 4.80. The molecule has 0 unspecified atom stereocenters. The van der Waals surface area contributed by atoms with Crippen LogP contribution in [0, 0.1) is 0 Å². The standard InChI is InChI=1S/C19H18BrNO2/c1-11-12-6-3-5-9-17(12)23-18(11)19(22)21-16-10-14(16)13-7-2-4-8-15(13)20/h2-9,11,14,16,18H,10H2,1H3,(H,21,22)/t11-,14-,16+,18+/m0/s1. The van der Waals surface area contributed by atoms with Crippen LogP contribution in [0.2, 0.25) is 0 Å². The van der Waals surface area contributed by atoms with E-state index in [0.29, 0.717) is 5.92 Å². The molecular formula is C19H18BrNO2. The number of hydrogen-bond donors (Lipinski definition) is 1. The van der Waals surface area contributed by atoms with Crippen LogP contribution >= 0.6 is 15.9 Å². The average Bonchev–Trinajstić information content (AvgIpc) is 3.23. The van der Waals surface area contributed by atoms with Gasteiger partial charge in [0, 0.05) is 27.9 Å². The average molecular weight is 372 g/mol. The molecule has 1 fully saturated rings. The highest BCUT2D eigenvalue weighted by atomic mass is 79.9. The van der Waals surface area contributed by atoms with Crippen molar-refractivity contribution in [1.29, 1.82) is 0 Å². The third kappa shape index (κ3) is 2.65. The van der Waals surface area contributed by atoms with Crippen LogP contribution in [0.3, 0.4) is 0 Å². The molecule has 0 bridgehead atoms. The van der Waals surface area contributed by atoms with Crippen LogP contribution in [-0.2, 0) is 4.79 Å². The summed E-state index contributed by atoms with van der Waals surface area (Å²) in [7, 11) is 0. The molecule has 1 aliphatic carbocycles. The van der Waals surface area contributed by atoms with Gasteiger partial charge in [0.2, 0.25) is 0 Å². The summed E-state index contributed by atoms with van der Waals surface area (Å²) in [5.74, 6) is 1.31. The molecule has 1 N–H and O–H groups in total. The largest absolute Gasteiger partial charge is 0.480 e. The maximum Gasteiger partial charge on any atom is 0.261 e. The molecule has 0 radical (unpaired) electrons. The minimum absolute atomic E-state index is 0.00625. The molecule has 2 aromatic rings. The van der Waals surface area contributed by atoms with Crippen LogP contribution in [0.25, 0.3) is 0 Å². The zero-order chi connectivity index (χ0) is 16.0. The molecule has 0 saturated heterocycles. The van der Waals surface area contributed by atoms with E-state index in [0.717, 1.165) is 22.2 Å². The first-order valence-corrected chi connectivity index (χ1v) is 8.75. The molecule has 4 heteroatoms. The maximum atomic E-state index is 12.6. The van der Waals surface area contributed by atoms with Crippen molar-refractivity contribution in [3.8, 4) is 5.75 Å². The minimum Gasteiger partial charge on any atom is -0.480 e. The number of rotatable bonds is 3. The fraction of sp³-hybridized carbons (Fsp3) is 0.316. The van der Waals surface area contributed by atoms with Gasteiger partial charge in [-0.25, -0.2) is 0 Å². The van der Waals surface area contributed by atoms with Crippen molar-refractivity contribution in [2.45, 2.75) is 37.3 Å². The summed E-state index contributed by atoms with van der Waals surface area (Å²) >= 11 is 3.59. The summed E-state index contributed by atoms with van der Waals surface area (Å²) in [6.07, 6.45) is 0.565. The van der Waals surface area contributed by atoms with Gasteiger partial charge in [-0.15, -0.1) is 0 Å². The van der Waals surface area contributed by atoms with Gasteiger partial charge in [0.1, 0.15) is 5.75 Å². The maximum absolute atomic E-state index is 12.6. The van der Waals surface area contributed by atoms with Crippen LogP contribution in [0.15, 0.2) is 53.0 Å². The van der Waals surface area contributed by atoms with Gasteiger partial charge in [-0.3, -0.25) is 4.79 Å². The second kappa shape index (κ2) is 5.68. The Kier molecular flexibility index (Phi) is 3.64. The molecule has 3 nitrogen and oxygen atoms in total. The summed E-state index contributed by atoms with van der Waals surface area (Å²) < 4.78 is 6.96. The van der Waals surface area contributed by atoms with Crippen LogP contribution < -0.4 is 10.1 Å². The van der Waals surface area contributed by atoms with Crippen LogP contribution in [0.1, 0.15) is 36.3 Å². The van der Waals surface area contributed by atoms with E-state index in [1.54, 1.807) is 0 Å². The number of carbonyl (C=O) groups is 1. The van der Waals surface area contributed by atoms with Crippen molar-refractivity contribution < 1.29 is 9.53 Å². The van der Waals surface area contributed by atoms with E-state index in [-0.39, 0.29) is 17.9 Å². The molecule has 2 aromatic carbocycles. The van der Waals surface area contributed by atoms with Crippen molar-refractivity contribution >= 4 is 21.8 Å². The van der Waals surface area contributed by atoms with Crippen LogP contribution in [0.5, 0.6) is 5.75 Å². The first-order chi connectivity index (χ1) is 11.1. The molecule has 0 spiro atoms. The van der Waals surface area contributed by atoms with Crippen molar-refractivity contribution in [2.75, 3.05) is 0 Å². The normalized spacial score (nSPS) is 27.9. The molecule has 1 aliphatic heterocycles. The van der Waals surface area contributed by atoms with Gasteiger partial charge >= 0.3 is 0 Å². The summed E-state index contributed by atoms with van der Waals surface area (Å²) in [5, 5.41) is 3.15. The van der Waals surface area contributed by atoms with Gasteiger partial charge in [0.15, 0.2) is 6.10 Å². The number of fused-ring (bicyclic) bond motifs is 1. The van der Waals surface area contributed by atoms with Crippen molar-refractivity contribution in [3.05, 3.63) is 64.1 Å². The number of benzene rings is 2. The van der Waals surface area contributed by atoms with E-state index >= 15 is 0 Å². The smallest absolute Gasteiger partial charge is 0.261 e. The lowest BCUT2D eigenvalue weighted by atomic mass is 9.97. The van der Waals surface area contributed by atoms with E-state index in [1.807, 2.05) is 49.4 Å². The van der Waals surface area contributed by atoms with Gasteiger partial charge in [0.25, 0.3) is 5.91 Å². The molecule has 0 aromatic heterocycles. The Balaban J connectivity index is 1.42. The molecule has 1 saturated carbocycles. The van der Waals surface area contributed by atoms with E-state index in [4.69, 9.17) is 4.74 Å². The first kappa shape index (κ1) is 14.8. The topological polar surface area (TPSA) is 38.3 Å². The van der Waals surface area contributed by atoms with E-state index < -0.39 is 6.10 Å². The van der Waals surface area contributed by atoms with Crippen molar-refractivity contribution in [1.82, 2.24) is 5.32 Å².